The molecule has 0 aromatic rings. The van der Waals surface area contributed by atoms with Crippen molar-refractivity contribution in [2.45, 2.75) is 45.6 Å². The second-order valence-corrected chi connectivity index (χ2v) is 6.87. The van der Waals surface area contributed by atoms with Crippen LogP contribution in [0.15, 0.2) is 0 Å². The van der Waals surface area contributed by atoms with E-state index < -0.39 is 9.84 Å². The highest BCUT2D eigenvalue weighted by molar-refractivity contribution is 7.90. The molecule has 0 fully saturated rings. The smallest absolute Gasteiger partial charge is 0.147 e. The van der Waals surface area contributed by atoms with Crippen molar-refractivity contribution in [3.05, 3.63) is 0 Å². The highest BCUT2D eigenvalue weighted by Crippen LogP contribution is 2.10. The second kappa shape index (κ2) is 7.19. The maximum Gasteiger partial charge on any atom is 0.147 e. The van der Waals surface area contributed by atoms with Gasteiger partial charge in [0, 0.05) is 18.1 Å². The topological polar surface area (TPSA) is 72.2 Å². The van der Waals surface area contributed by atoms with Gasteiger partial charge in [0.2, 0.25) is 0 Å². The molecule has 0 aromatic carbocycles. The molecule has 0 amide bonds. The maximum absolute atomic E-state index is 10.9. The van der Waals surface area contributed by atoms with Crippen LogP contribution in [0, 0.1) is 5.92 Å². The first kappa shape index (κ1) is 14.9. The predicted molar refractivity (Wildman–Crippen MR) is 64.1 cm³/mol. The summed E-state index contributed by atoms with van der Waals surface area (Å²) in [5.74, 6) is 6.33. The van der Waals surface area contributed by atoms with Gasteiger partial charge in [0.05, 0.1) is 0 Å². The van der Waals surface area contributed by atoms with E-state index in [0.29, 0.717) is 12.3 Å². The molecular weight excluding hydrogens is 212 g/mol. The van der Waals surface area contributed by atoms with Gasteiger partial charge in [-0.05, 0) is 31.6 Å². The van der Waals surface area contributed by atoms with Gasteiger partial charge >= 0.3 is 0 Å². The Bertz CT molecular complexity index is 250. The molecule has 0 saturated heterocycles. The van der Waals surface area contributed by atoms with E-state index >= 15 is 0 Å². The maximum atomic E-state index is 10.9. The number of sulfone groups is 1. The first-order chi connectivity index (χ1) is 6.85. The largest absolute Gasteiger partial charge is 0.271 e. The minimum atomic E-state index is -2.83. The third-order valence-corrected chi connectivity index (χ3v) is 3.43. The molecule has 0 bridgehead atoms. The number of hydrazine groups is 1. The van der Waals surface area contributed by atoms with Crippen molar-refractivity contribution in [1.82, 2.24) is 5.43 Å². The molecule has 0 aliphatic heterocycles. The Hall–Kier alpha value is -0.130. The lowest BCUT2D eigenvalue weighted by Crippen LogP contribution is -2.35. The lowest BCUT2D eigenvalue weighted by atomic mass is 10.0. The van der Waals surface area contributed by atoms with Crippen LogP contribution in [-0.4, -0.2) is 26.5 Å². The van der Waals surface area contributed by atoms with Crippen molar-refractivity contribution in [2.24, 2.45) is 11.8 Å². The predicted octanol–water partition coefficient (Wildman–Crippen LogP) is 1.08. The van der Waals surface area contributed by atoms with Crippen molar-refractivity contribution in [3.8, 4) is 0 Å². The number of nitrogens with two attached hydrogens (primary N) is 1. The minimum Gasteiger partial charge on any atom is -0.271 e. The summed E-state index contributed by atoms with van der Waals surface area (Å²) in [6.45, 7) is 4.34. The average molecular weight is 236 g/mol. The van der Waals surface area contributed by atoms with Crippen molar-refractivity contribution in [1.29, 1.82) is 0 Å². The first-order valence-electron chi connectivity index (χ1n) is 5.49. The Labute approximate surface area is 93.5 Å². The van der Waals surface area contributed by atoms with E-state index in [1.807, 2.05) is 0 Å². The van der Waals surface area contributed by atoms with E-state index in [1.54, 1.807) is 0 Å². The lowest BCUT2D eigenvalue weighted by Gasteiger charge is -2.16. The molecule has 4 nitrogen and oxygen atoms in total. The molecule has 1 unspecified atom stereocenters. The third kappa shape index (κ3) is 10.2. The third-order valence-electron chi connectivity index (χ3n) is 2.40. The van der Waals surface area contributed by atoms with E-state index in [1.165, 1.54) is 6.26 Å². The zero-order valence-electron chi connectivity index (χ0n) is 9.99. The summed E-state index contributed by atoms with van der Waals surface area (Å²) in [7, 11) is -2.83. The van der Waals surface area contributed by atoms with Gasteiger partial charge in [0.1, 0.15) is 9.84 Å². The number of nitrogens with one attached hydrogen (secondary N) is 1. The van der Waals surface area contributed by atoms with Gasteiger partial charge in [-0.2, -0.15) is 0 Å². The molecule has 15 heavy (non-hydrogen) atoms. The first-order valence-corrected chi connectivity index (χ1v) is 7.55. The van der Waals surface area contributed by atoms with Crippen molar-refractivity contribution < 1.29 is 8.42 Å². The van der Waals surface area contributed by atoms with Crippen LogP contribution >= 0.6 is 0 Å². The molecular formula is C10H24N2O2S. The molecule has 0 heterocycles. The van der Waals surface area contributed by atoms with E-state index in [2.05, 4.69) is 19.3 Å². The summed E-state index contributed by atoms with van der Waals surface area (Å²) in [4.78, 5) is 0. The molecule has 92 valence electrons. The second-order valence-electron chi connectivity index (χ2n) is 4.61. The highest BCUT2D eigenvalue weighted by Gasteiger charge is 2.09. The summed E-state index contributed by atoms with van der Waals surface area (Å²) in [5, 5.41) is 0. The number of rotatable bonds is 8. The molecule has 0 aliphatic rings. The van der Waals surface area contributed by atoms with Crippen LogP contribution in [0.2, 0.25) is 0 Å². The minimum absolute atomic E-state index is 0.245. The van der Waals surface area contributed by atoms with Crippen LogP contribution in [0.25, 0.3) is 0 Å². The number of hydrogen-bond acceptors (Lipinski definition) is 4. The van der Waals surface area contributed by atoms with Gasteiger partial charge in [-0.3, -0.25) is 11.3 Å². The Morgan fingerprint density at radius 3 is 2.20 bits per heavy atom. The van der Waals surface area contributed by atoms with Crippen LogP contribution in [0.4, 0.5) is 0 Å². The van der Waals surface area contributed by atoms with Gasteiger partial charge in [-0.25, -0.2) is 8.42 Å². The molecule has 0 aliphatic carbocycles. The summed E-state index contributed by atoms with van der Waals surface area (Å²) in [5.41, 5.74) is 2.75. The molecule has 0 rings (SSSR count). The Balaban J connectivity index is 3.71. The van der Waals surface area contributed by atoms with Crippen LogP contribution in [0.5, 0.6) is 0 Å². The molecule has 0 saturated carbocycles. The zero-order valence-corrected chi connectivity index (χ0v) is 10.8. The van der Waals surface area contributed by atoms with Gasteiger partial charge in [0.15, 0.2) is 0 Å². The van der Waals surface area contributed by atoms with Gasteiger partial charge in [-0.1, -0.05) is 13.8 Å². The van der Waals surface area contributed by atoms with Crippen LogP contribution in [0.1, 0.15) is 39.5 Å². The van der Waals surface area contributed by atoms with E-state index in [4.69, 9.17) is 5.84 Å². The molecule has 0 radical (unpaired) electrons. The Morgan fingerprint density at radius 2 is 1.80 bits per heavy atom. The normalized spacial score (nSPS) is 14.5. The fraction of sp³-hybridized carbons (Fsp3) is 1.00. The molecule has 0 aromatic heterocycles. The van der Waals surface area contributed by atoms with Crippen molar-refractivity contribution in [3.63, 3.8) is 0 Å². The lowest BCUT2D eigenvalue weighted by molar-refractivity contribution is 0.413. The zero-order chi connectivity index (χ0) is 11.9. The van der Waals surface area contributed by atoms with Gasteiger partial charge < -0.3 is 0 Å². The molecule has 0 spiro atoms. The summed E-state index contributed by atoms with van der Waals surface area (Å²) in [6, 6.07) is 0.245. The van der Waals surface area contributed by atoms with Crippen molar-refractivity contribution >= 4 is 9.84 Å². The van der Waals surface area contributed by atoms with Gasteiger partial charge in [-0.15, -0.1) is 0 Å². The van der Waals surface area contributed by atoms with Crippen molar-refractivity contribution in [2.75, 3.05) is 12.0 Å². The van der Waals surface area contributed by atoms with E-state index in [0.717, 1.165) is 19.3 Å². The van der Waals surface area contributed by atoms with Crippen LogP contribution in [-0.2, 0) is 9.84 Å². The number of hydrogen-bond donors (Lipinski definition) is 2. The quantitative estimate of drug-likeness (QED) is 0.488. The standard InChI is InChI=1S/C10H24N2O2S/c1-9(2)6-7-10(12-11)5-4-8-15(3,13)14/h9-10,12H,4-8,11H2,1-3H3. The van der Waals surface area contributed by atoms with Gasteiger partial charge in [0.25, 0.3) is 0 Å². The average Bonchev–Trinajstić information content (AvgIpc) is 2.08. The Morgan fingerprint density at radius 1 is 1.20 bits per heavy atom. The fourth-order valence-corrected chi connectivity index (χ4v) is 2.13. The van der Waals surface area contributed by atoms with Crippen LogP contribution < -0.4 is 11.3 Å². The molecule has 1 atom stereocenters. The van der Waals surface area contributed by atoms with Crippen LogP contribution in [0.3, 0.4) is 0 Å². The summed E-state index contributed by atoms with van der Waals surface area (Å²) >= 11 is 0. The molecule has 5 heteroatoms. The summed E-state index contributed by atoms with van der Waals surface area (Å²) in [6.07, 6.45) is 4.92. The van der Waals surface area contributed by atoms with E-state index in [-0.39, 0.29) is 11.8 Å². The fourth-order valence-electron chi connectivity index (χ4n) is 1.44. The highest BCUT2D eigenvalue weighted by atomic mass is 32.2. The van der Waals surface area contributed by atoms with E-state index in [9.17, 15) is 8.42 Å². The molecule has 3 N–H and O–H groups in total. The monoisotopic (exact) mass is 236 g/mol. The summed E-state index contributed by atoms with van der Waals surface area (Å²) < 4.78 is 21.8. The SMILES string of the molecule is CC(C)CCC(CCCS(C)(=O)=O)NN. The Kier molecular flexibility index (Phi) is 7.13.